The zero-order valence-corrected chi connectivity index (χ0v) is 9.86. The molecule has 0 aliphatic carbocycles. The van der Waals surface area contributed by atoms with Crippen LogP contribution in [0.4, 0.5) is 4.79 Å². The lowest BCUT2D eigenvalue weighted by atomic mass is 10.0. The molecular weight excluding hydrogens is 212 g/mol. The van der Waals surface area contributed by atoms with E-state index in [9.17, 15) is 9.59 Å². The summed E-state index contributed by atoms with van der Waals surface area (Å²) in [5.74, 6) is -0.587. The van der Waals surface area contributed by atoms with Crippen LogP contribution >= 0.6 is 0 Å². The van der Waals surface area contributed by atoms with Crippen molar-refractivity contribution in [2.24, 2.45) is 5.73 Å². The molecule has 0 saturated heterocycles. The van der Waals surface area contributed by atoms with Gasteiger partial charge in [-0.3, -0.25) is 4.79 Å². The zero-order valence-electron chi connectivity index (χ0n) is 9.86. The first-order valence-corrected chi connectivity index (χ1v) is 4.71. The van der Waals surface area contributed by atoms with Gasteiger partial charge >= 0.3 is 12.1 Å². The van der Waals surface area contributed by atoms with Crippen LogP contribution < -0.4 is 5.73 Å². The van der Waals surface area contributed by atoms with Gasteiger partial charge in [-0.25, -0.2) is 4.79 Å². The van der Waals surface area contributed by atoms with Gasteiger partial charge in [-0.2, -0.15) is 0 Å². The monoisotopic (exact) mass is 230 g/mol. The van der Waals surface area contributed by atoms with Crippen molar-refractivity contribution in [1.82, 2.24) is 4.90 Å². The van der Waals surface area contributed by atoms with Gasteiger partial charge in [-0.15, -0.1) is 0 Å². The number of methoxy groups -OCH3 is 1. The lowest BCUT2D eigenvalue weighted by Crippen LogP contribution is -2.54. The van der Waals surface area contributed by atoms with Crippen LogP contribution in [0.5, 0.6) is 0 Å². The molecule has 0 aliphatic heterocycles. The van der Waals surface area contributed by atoms with E-state index < -0.39 is 17.6 Å². The zero-order chi connectivity index (χ0) is 12.8. The highest BCUT2D eigenvalue weighted by Gasteiger charge is 2.32. The summed E-state index contributed by atoms with van der Waals surface area (Å²) in [6.07, 6.45) is 0.883. The third-order valence-electron chi connectivity index (χ3n) is 1.85. The van der Waals surface area contributed by atoms with Gasteiger partial charge in [0.05, 0.1) is 13.7 Å². The van der Waals surface area contributed by atoms with Crippen LogP contribution in [0, 0.1) is 0 Å². The molecule has 0 aliphatic rings. The number of ether oxygens (including phenoxy) is 2. The van der Waals surface area contributed by atoms with Crippen LogP contribution in [0.1, 0.15) is 6.92 Å². The molecule has 0 aromatic heterocycles. The van der Waals surface area contributed by atoms with Crippen molar-refractivity contribution in [3.05, 3.63) is 12.7 Å². The molecule has 0 saturated carbocycles. The minimum absolute atomic E-state index is 0.00957. The van der Waals surface area contributed by atoms with E-state index in [0.29, 0.717) is 0 Å². The predicted octanol–water partition coefficient (Wildman–Crippen LogP) is 0.131. The van der Waals surface area contributed by atoms with Crippen LogP contribution in [0.2, 0.25) is 0 Å². The SMILES string of the molecule is C=CCOC(=O)N(C)C[C@](C)(N)C(=O)OC. The summed E-state index contributed by atoms with van der Waals surface area (Å²) in [7, 11) is 2.73. The van der Waals surface area contributed by atoms with Crippen molar-refractivity contribution in [3.63, 3.8) is 0 Å². The quantitative estimate of drug-likeness (QED) is 0.536. The molecule has 6 heteroatoms. The first-order valence-electron chi connectivity index (χ1n) is 4.71. The number of esters is 1. The first-order chi connectivity index (χ1) is 7.35. The molecule has 0 unspecified atom stereocenters. The first kappa shape index (κ1) is 14.4. The Morgan fingerprint density at radius 2 is 2.12 bits per heavy atom. The van der Waals surface area contributed by atoms with Gasteiger partial charge in [0.1, 0.15) is 12.1 Å². The number of amides is 1. The van der Waals surface area contributed by atoms with E-state index in [1.165, 1.54) is 32.1 Å². The van der Waals surface area contributed by atoms with Crippen LogP contribution in [0.15, 0.2) is 12.7 Å². The van der Waals surface area contributed by atoms with Gasteiger partial charge in [-0.05, 0) is 6.92 Å². The Bertz CT molecular complexity index is 276. The summed E-state index contributed by atoms with van der Waals surface area (Å²) < 4.78 is 9.29. The van der Waals surface area contributed by atoms with Gasteiger partial charge in [0.2, 0.25) is 0 Å². The molecule has 92 valence electrons. The van der Waals surface area contributed by atoms with E-state index in [1.807, 2.05) is 0 Å². The fourth-order valence-corrected chi connectivity index (χ4v) is 1.10. The van der Waals surface area contributed by atoms with E-state index >= 15 is 0 Å². The van der Waals surface area contributed by atoms with Crippen molar-refractivity contribution in [3.8, 4) is 0 Å². The summed E-state index contributed by atoms with van der Waals surface area (Å²) in [5, 5.41) is 0. The summed E-state index contributed by atoms with van der Waals surface area (Å²) in [6.45, 7) is 5.02. The molecule has 1 atom stereocenters. The van der Waals surface area contributed by atoms with Crippen molar-refractivity contribution in [1.29, 1.82) is 0 Å². The molecule has 0 heterocycles. The van der Waals surface area contributed by atoms with E-state index in [2.05, 4.69) is 11.3 Å². The second kappa shape index (κ2) is 6.12. The second-order valence-corrected chi connectivity index (χ2v) is 3.63. The van der Waals surface area contributed by atoms with Crippen LogP contribution in [0.25, 0.3) is 0 Å². The lowest BCUT2D eigenvalue weighted by Gasteiger charge is -2.26. The Labute approximate surface area is 95.0 Å². The minimum atomic E-state index is -1.25. The third kappa shape index (κ3) is 4.31. The summed E-state index contributed by atoms with van der Waals surface area (Å²) in [5.41, 5.74) is 4.44. The van der Waals surface area contributed by atoms with Crippen molar-refractivity contribution < 1.29 is 19.1 Å². The summed E-state index contributed by atoms with van der Waals surface area (Å²) >= 11 is 0. The predicted molar refractivity (Wildman–Crippen MR) is 58.8 cm³/mol. The number of hydrogen-bond donors (Lipinski definition) is 1. The Kier molecular flexibility index (Phi) is 5.52. The summed E-state index contributed by atoms with van der Waals surface area (Å²) in [6, 6.07) is 0. The second-order valence-electron chi connectivity index (χ2n) is 3.63. The molecule has 0 fully saturated rings. The maximum Gasteiger partial charge on any atom is 0.409 e. The fraction of sp³-hybridized carbons (Fsp3) is 0.600. The van der Waals surface area contributed by atoms with Gasteiger partial charge < -0.3 is 20.1 Å². The van der Waals surface area contributed by atoms with Crippen molar-refractivity contribution in [2.45, 2.75) is 12.5 Å². The Hall–Kier alpha value is -1.56. The van der Waals surface area contributed by atoms with Gasteiger partial charge in [0.15, 0.2) is 0 Å². The average molecular weight is 230 g/mol. The Morgan fingerprint density at radius 3 is 2.56 bits per heavy atom. The largest absolute Gasteiger partial charge is 0.468 e. The topological polar surface area (TPSA) is 81.9 Å². The molecule has 0 bridgehead atoms. The number of nitrogens with zero attached hydrogens (tertiary/aromatic N) is 1. The molecular formula is C10H18N2O4. The number of hydrogen-bond acceptors (Lipinski definition) is 5. The molecule has 0 spiro atoms. The van der Waals surface area contributed by atoms with Crippen LogP contribution in [-0.2, 0) is 14.3 Å². The van der Waals surface area contributed by atoms with E-state index in [0.717, 1.165) is 0 Å². The maximum atomic E-state index is 11.3. The summed E-state index contributed by atoms with van der Waals surface area (Å²) in [4.78, 5) is 23.8. The number of carbonyl (C=O) groups is 2. The van der Waals surface area contributed by atoms with E-state index in [-0.39, 0.29) is 13.2 Å². The molecule has 0 aromatic carbocycles. The highest BCUT2D eigenvalue weighted by atomic mass is 16.6. The average Bonchev–Trinajstić information content (AvgIpc) is 2.23. The van der Waals surface area contributed by atoms with Gasteiger partial charge in [0.25, 0.3) is 0 Å². The van der Waals surface area contributed by atoms with E-state index in [1.54, 1.807) is 0 Å². The standard InChI is InChI=1S/C10H18N2O4/c1-5-6-16-9(14)12(3)7-10(2,11)8(13)15-4/h5H,1,6-7,11H2,2-4H3/t10-/m0/s1. The fourth-order valence-electron chi connectivity index (χ4n) is 1.10. The van der Waals surface area contributed by atoms with Crippen LogP contribution in [0.3, 0.4) is 0 Å². The molecule has 2 N–H and O–H groups in total. The van der Waals surface area contributed by atoms with Gasteiger partial charge in [-0.1, -0.05) is 12.7 Å². The molecule has 0 radical (unpaired) electrons. The van der Waals surface area contributed by atoms with Crippen molar-refractivity contribution >= 4 is 12.1 Å². The van der Waals surface area contributed by atoms with Gasteiger partial charge in [0, 0.05) is 7.05 Å². The molecule has 16 heavy (non-hydrogen) atoms. The number of likely N-dealkylation sites (N-methyl/N-ethyl adjacent to an activating group) is 1. The molecule has 0 aromatic rings. The molecule has 0 rings (SSSR count). The molecule has 6 nitrogen and oxygen atoms in total. The van der Waals surface area contributed by atoms with Crippen LogP contribution in [-0.4, -0.2) is 49.8 Å². The molecule has 1 amide bonds. The number of rotatable bonds is 5. The number of nitrogens with two attached hydrogens (primary N) is 1. The minimum Gasteiger partial charge on any atom is -0.468 e. The number of carbonyl (C=O) groups excluding carboxylic acids is 2. The lowest BCUT2D eigenvalue weighted by molar-refractivity contribution is -0.146. The Balaban J connectivity index is 4.31. The van der Waals surface area contributed by atoms with Crippen molar-refractivity contribution in [2.75, 3.05) is 27.3 Å². The highest BCUT2D eigenvalue weighted by molar-refractivity contribution is 5.81. The maximum absolute atomic E-state index is 11.3. The highest BCUT2D eigenvalue weighted by Crippen LogP contribution is 2.05. The normalized spacial score (nSPS) is 13.5. The Morgan fingerprint density at radius 1 is 1.56 bits per heavy atom. The smallest absolute Gasteiger partial charge is 0.409 e. The third-order valence-corrected chi connectivity index (χ3v) is 1.85. The van der Waals surface area contributed by atoms with E-state index in [4.69, 9.17) is 10.5 Å².